The molecule has 0 unspecified atom stereocenters. The van der Waals surface area contributed by atoms with Gasteiger partial charge in [0.25, 0.3) is 0 Å². The van der Waals surface area contributed by atoms with Gasteiger partial charge in [-0.15, -0.1) is 0 Å². The zero-order valence-electron chi connectivity index (χ0n) is 17.7. The van der Waals surface area contributed by atoms with E-state index >= 15 is 0 Å². The molecule has 0 saturated carbocycles. The molecule has 2 rings (SSSR count). The van der Waals surface area contributed by atoms with Crippen molar-refractivity contribution in [3.05, 3.63) is 47.7 Å². The number of amides is 1. The fraction of sp³-hybridized carbons (Fsp3) is 0.381. The lowest BCUT2D eigenvalue weighted by molar-refractivity contribution is -0.116. The lowest BCUT2D eigenvalue weighted by atomic mass is 10.2. The Kier molecular flexibility index (Phi) is 9.47. The number of aromatic nitrogens is 1. The monoisotopic (exact) mass is 435 g/mol. The Morgan fingerprint density at radius 3 is 2.68 bits per heavy atom. The molecule has 0 spiro atoms. The highest BCUT2D eigenvalue weighted by atomic mass is 19.3. The number of methoxy groups -OCH3 is 1. The minimum absolute atomic E-state index is 0.0281. The summed E-state index contributed by atoms with van der Waals surface area (Å²) in [4.78, 5) is 20.6. The Morgan fingerprint density at radius 1 is 1.23 bits per heavy atom. The van der Waals surface area contributed by atoms with Crippen molar-refractivity contribution in [2.45, 2.75) is 33.4 Å². The van der Waals surface area contributed by atoms with Crippen molar-refractivity contribution in [3.63, 3.8) is 0 Å². The number of alkyl halides is 2. The third-order valence-corrected chi connectivity index (χ3v) is 4.06. The molecule has 8 nitrogen and oxygen atoms in total. The highest BCUT2D eigenvalue weighted by molar-refractivity contribution is 5.90. The number of nitrogens with one attached hydrogen (secondary N) is 3. The molecule has 3 N–H and O–H groups in total. The van der Waals surface area contributed by atoms with Gasteiger partial charge in [0.05, 0.1) is 13.7 Å². The molecule has 0 atom stereocenters. The molecule has 0 bridgehead atoms. The van der Waals surface area contributed by atoms with Crippen molar-refractivity contribution in [2.24, 2.45) is 4.99 Å². The van der Waals surface area contributed by atoms with Crippen LogP contribution in [0.3, 0.4) is 0 Å². The van der Waals surface area contributed by atoms with Gasteiger partial charge in [0.1, 0.15) is 17.3 Å². The highest BCUT2D eigenvalue weighted by Crippen LogP contribution is 2.26. The van der Waals surface area contributed by atoms with Crippen LogP contribution in [0.25, 0.3) is 0 Å². The normalized spacial score (nSPS) is 11.2. The second kappa shape index (κ2) is 12.3. The highest BCUT2D eigenvalue weighted by Gasteiger charge is 2.11. The molecule has 2 aromatic rings. The number of anilines is 1. The molecule has 0 aliphatic rings. The van der Waals surface area contributed by atoms with E-state index in [9.17, 15) is 13.6 Å². The Morgan fingerprint density at radius 2 is 2.03 bits per heavy atom. The van der Waals surface area contributed by atoms with Crippen molar-refractivity contribution >= 4 is 17.7 Å². The third-order valence-electron chi connectivity index (χ3n) is 4.06. The number of hydrogen-bond donors (Lipinski definition) is 3. The van der Waals surface area contributed by atoms with Gasteiger partial charge in [0.2, 0.25) is 5.91 Å². The SMILES string of the molecule is CCNC(=NCc1cc(OC)ccc1OC(F)F)NCCC(=O)Nc1ccc(C)cn1. The van der Waals surface area contributed by atoms with Crippen LogP contribution in [0.5, 0.6) is 11.5 Å². The van der Waals surface area contributed by atoms with Crippen LogP contribution in [0.2, 0.25) is 0 Å². The molecule has 1 amide bonds. The van der Waals surface area contributed by atoms with Gasteiger partial charge in [-0.3, -0.25) is 4.79 Å². The molecular weight excluding hydrogens is 408 g/mol. The maximum Gasteiger partial charge on any atom is 0.387 e. The largest absolute Gasteiger partial charge is 0.497 e. The number of guanidine groups is 1. The molecule has 0 aliphatic carbocycles. The van der Waals surface area contributed by atoms with E-state index < -0.39 is 6.61 Å². The molecule has 0 aliphatic heterocycles. The molecule has 10 heteroatoms. The summed E-state index contributed by atoms with van der Waals surface area (Å²) >= 11 is 0. The number of halogens is 2. The van der Waals surface area contributed by atoms with Crippen molar-refractivity contribution < 1.29 is 23.0 Å². The quantitative estimate of drug-likeness (QED) is 0.392. The van der Waals surface area contributed by atoms with E-state index in [0.29, 0.717) is 36.2 Å². The van der Waals surface area contributed by atoms with Crippen LogP contribution >= 0.6 is 0 Å². The number of pyridine rings is 1. The zero-order chi connectivity index (χ0) is 22.6. The van der Waals surface area contributed by atoms with E-state index in [-0.39, 0.29) is 24.6 Å². The van der Waals surface area contributed by atoms with Crippen LogP contribution in [0, 0.1) is 6.92 Å². The predicted octanol–water partition coefficient (Wildman–Crippen LogP) is 3.08. The summed E-state index contributed by atoms with van der Waals surface area (Å²) < 4.78 is 35.0. The lowest BCUT2D eigenvalue weighted by Gasteiger charge is -2.13. The first-order chi connectivity index (χ1) is 14.9. The number of carbonyl (C=O) groups is 1. The number of carbonyl (C=O) groups excluding carboxylic acids is 1. The van der Waals surface area contributed by atoms with Gasteiger partial charge in [-0.1, -0.05) is 6.07 Å². The topological polar surface area (TPSA) is 96.9 Å². The second-order valence-electron chi connectivity index (χ2n) is 6.49. The fourth-order valence-corrected chi connectivity index (χ4v) is 2.56. The van der Waals surface area contributed by atoms with E-state index in [2.05, 4.69) is 30.7 Å². The molecule has 168 valence electrons. The third kappa shape index (κ3) is 8.45. The van der Waals surface area contributed by atoms with Crippen LogP contribution in [0.1, 0.15) is 24.5 Å². The molecule has 1 aromatic heterocycles. The summed E-state index contributed by atoms with van der Waals surface area (Å²) in [6.07, 6.45) is 1.87. The average Bonchev–Trinajstić information content (AvgIpc) is 2.74. The molecule has 31 heavy (non-hydrogen) atoms. The molecule has 1 aromatic carbocycles. The van der Waals surface area contributed by atoms with Gasteiger partial charge in [-0.2, -0.15) is 8.78 Å². The first-order valence-corrected chi connectivity index (χ1v) is 9.77. The molecule has 1 heterocycles. The van der Waals surface area contributed by atoms with Crippen molar-refractivity contribution in [1.29, 1.82) is 0 Å². The Bertz CT molecular complexity index is 876. The Balaban J connectivity index is 1.95. The van der Waals surface area contributed by atoms with Crippen LogP contribution < -0.4 is 25.4 Å². The minimum atomic E-state index is -2.94. The first-order valence-electron chi connectivity index (χ1n) is 9.77. The average molecular weight is 435 g/mol. The number of rotatable bonds is 10. The number of benzene rings is 1. The van der Waals surface area contributed by atoms with Crippen LogP contribution in [0.4, 0.5) is 14.6 Å². The predicted molar refractivity (Wildman–Crippen MR) is 115 cm³/mol. The van der Waals surface area contributed by atoms with E-state index in [1.165, 1.54) is 19.2 Å². The maximum absolute atomic E-state index is 12.7. The molecule has 0 saturated heterocycles. The van der Waals surface area contributed by atoms with Gasteiger partial charge < -0.3 is 25.4 Å². The van der Waals surface area contributed by atoms with Crippen molar-refractivity contribution in [1.82, 2.24) is 15.6 Å². The minimum Gasteiger partial charge on any atom is -0.497 e. The van der Waals surface area contributed by atoms with E-state index in [4.69, 9.17) is 4.74 Å². The molecule has 0 fully saturated rings. The van der Waals surface area contributed by atoms with Gasteiger partial charge in [-0.05, 0) is 43.7 Å². The smallest absolute Gasteiger partial charge is 0.387 e. The Hall–Kier alpha value is -3.43. The van der Waals surface area contributed by atoms with E-state index in [0.717, 1.165) is 5.56 Å². The summed E-state index contributed by atoms with van der Waals surface area (Å²) in [6, 6.07) is 8.14. The summed E-state index contributed by atoms with van der Waals surface area (Å²) in [5.41, 5.74) is 1.45. The van der Waals surface area contributed by atoms with Gasteiger partial charge in [0.15, 0.2) is 5.96 Å². The standard InChI is InChI=1S/C21H27F2N5O3/c1-4-24-21(25-10-9-19(29)28-18-8-5-14(2)12-26-18)27-13-15-11-16(30-3)6-7-17(15)31-20(22)23/h5-8,11-12,20H,4,9-10,13H2,1-3H3,(H2,24,25,27)(H,26,28,29). The zero-order valence-corrected chi connectivity index (χ0v) is 17.7. The number of nitrogens with zero attached hydrogens (tertiary/aromatic N) is 2. The van der Waals surface area contributed by atoms with Crippen molar-refractivity contribution in [2.75, 3.05) is 25.5 Å². The van der Waals surface area contributed by atoms with Gasteiger partial charge >= 0.3 is 6.61 Å². The van der Waals surface area contributed by atoms with Crippen LogP contribution in [-0.2, 0) is 11.3 Å². The Labute approximate surface area is 180 Å². The summed E-state index contributed by atoms with van der Waals surface area (Å²) in [7, 11) is 1.48. The first kappa shape index (κ1) is 23.8. The van der Waals surface area contributed by atoms with Crippen LogP contribution in [0.15, 0.2) is 41.5 Å². The lowest BCUT2D eigenvalue weighted by Crippen LogP contribution is -2.38. The number of aliphatic imine (C=N–C) groups is 1. The summed E-state index contributed by atoms with van der Waals surface area (Å²) in [6.45, 7) is 1.85. The number of hydrogen-bond acceptors (Lipinski definition) is 5. The molecule has 0 radical (unpaired) electrons. The van der Waals surface area contributed by atoms with Crippen molar-refractivity contribution in [3.8, 4) is 11.5 Å². The molecular formula is C21H27F2N5O3. The van der Waals surface area contributed by atoms with Crippen LogP contribution in [-0.4, -0.2) is 43.7 Å². The van der Waals surface area contributed by atoms with E-state index in [1.54, 1.807) is 18.3 Å². The summed E-state index contributed by atoms with van der Waals surface area (Å²) in [5, 5.41) is 8.81. The maximum atomic E-state index is 12.7. The van der Waals surface area contributed by atoms with Gasteiger partial charge in [0, 0.05) is 31.3 Å². The number of aryl methyl sites for hydroxylation is 1. The summed E-state index contributed by atoms with van der Waals surface area (Å²) in [5.74, 6) is 1.27. The second-order valence-corrected chi connectivity index (χ2v) is 6.49. The fourth-order valence-electron chi connectivity index (χ4n) is 2.56. The number of ether oxygens (including phenoxy) is 2. The van der Waals surface area contributed by atoms with Gasteiger partial charge in [-0.25, -0.2) is 9.98 Å². The van der Waals surface area contributed by atoms with E-state index in [1.807, 2.05) is 19.9 Å².